The Bertz CT molecular complexity index is 517. The Labute approximate surface area is 90.5 Å². The molecule has 0 radical (unpaired) electrons. The summed E-state index contributed by atoms with van der Waals surface area (Å²) in [7, 11) is 0. The molecule has 0 bridgehead atoms. The third kappa shape index (κ3) is 2.10. The lowest BCUT2D eigenvalue weighted by Gasteiger charge is -2.01. The minimum absolute atomic E-state index is 0.252. The van der Waals surface area contributed by atoms with Gasteiger partial charge in [0.1, 0.15) is 4.64 Å². The minimum Gasteiger partial charge on any atom is -0.352 e. The van der Waals surface area contributed by atoms with Crippen molar-refractivity contribution >= 4 is 23.8 Å². The molecule has 0 unspecified atom stereocenters. The second kappa shape index (κ2) is 4.05. The van der Waals surface area contributed by atoms with Gasteiger partial charge in [0, 0.05) is 12.4 Å². The molecule has 6 heteroatoms. The fraction of sp³-hybridized carbons (Fsp3) is 0. The van der Waals surface area contributed by atoms with Crippen LogP contribution in [0.2, 0.25) is 0 Å². The van der Waals surface area contributed by atoms with E-state index in [1.54, 1.807) is 24.5 Å². The van der Waals surface area contributed by atoms with Crippen LogP contribution in [0, 0.1) is 4.64 Å². The van der Waals surface area contributed by atoms with Crippen LogP contribution in [0.15, 0.2) is 30.7 Å². The van der Waals surface area contributed by atoms with Crippen molar-refractivity contribution in [3.8, 4) is 0 Å². The fourth-order valence-corrected chi connectivity index (χ4v) is 1.35. The van der Waals surface area contributed by atoms with Crippen LogP contribution in [0.3, 0.4) is 0 Å². The Kier molecular flexibility index (Phi) is 2.59. The molecule has 76 valence electrons. The zero-order chi connectivity index (χ0) is 10.7. The number of nitrogens with one attached hydrogen (secondary N) is 3. The largest absolute Gasteiger partial charge is 0.352 e. The Balaban J connectivity index is 2.23. The van der Waals surface area contributed by atoms with E-state index in [-0.39, 0.29) is 5.91 Å². The molecule has 0 aliphatic heterocycles. The van der Waals surface area contributed by atoms with Crippen LogP contribution in [0.4, 0.5) is 5.69 Å². The fourth-order valence-electron chi connectivity index (χ4n) is 1.12. The van der Waals surface area contributed by atoms with E-state index in [4.69, 9.17) is 12.2 Å². The van der Waals surface area contributed by atoms with Crippen LogP contribution in [0.5, 0.6) is 0 Å². The summed E-state index contributed by atoms with van der Waals surface area (Å²) in [6.07, 6.45) is 4.79. The molecule has 3 N–H and O–H groups in total. The van der Waals surface area contributed by atoms with Crippen molar-refractivity contribution in [2.75, 3.05) is 5.32 Å². The molecule has 2 heterocycles. The lowest BCUT2D eigenvalue weighted by molar-refractivity contribution is 0.102. The van der Waals surface area contributed by atoms with Crippen LogP contribution in [-0.2, 0) is 0 Å². The molecule has 0 aliphatic carbocycles. The molecule has 2 aromatic heterocycles. The van der Waals surface area contributed by atoms with Gasteiger partial charge in [0.2, 0.25) is 0 Å². The first-order chi connectivity index (χ1) is 7.27. The SMILES string of the molecule is O=C(Nc1cn[nH]c1)c1ccc[nH]c1=S. The van der Waals surface area contributed by atoms with E-state index in [0.717, 1.165) is 0 Å². The maximum Gasteiger partial charge on any atom is 0.258 e. The van der Waals surface area contributed by atoms with Gasteiger partial charge in [-0.3, -0.25) is 9.89 Å². The highest BCUT2D eigenvalue weighted by molar-refractivity contribution is 7.71. The molecule has 0 saturated carbocycles. The predicted octanol–water partition coefficient (Wildman–Crippen LogP) is 1.72. The Morgan fingerprint density at radius 1 is 1.53 bits per heavy atom. The number of carbonyl (C=O) groups excluding carboxylic acids is 1. The van der Waals surface area contributed by atoms with Crippen LogP contribution >= 0.6 is 12.2 Å². The molecule has 1 amide bonds. The molecule has 5 nitrogen and oxygen atoms in total. The van der Waals surface area contributed by atoms with Gasteiger partial charge in [0.25, 0.3) is 5.91 Å². The maximum atomic E-state index is 11.7. The number of aromatic amines is 2. The molecular formula is C9H8N4OS. The lowest BCUT2D eigenvalue weighted by Crippen LogP contribution is -2.12. The van der Waals surface area contributed by atoms with Crippen molar-refractivity contribution in [1.82, 2.24) is 15.2 Å². The standard InChI is InChI=1S/C9H8N4OS/c14-8(13-6-4-11-12-5-6)7-2-1-3-10-9(7)15/h1-5H,(H,10,15)(H,11,12)(H,13,14). The number of pyridine rings is 1. The van der Waals surface area contributed by atoms with Crippen molar-refractivity contribution in [3.05, 3.63) is 40.9 Å². The van der Waals surface area contributed by atoms with Crippen molar-refractivity contribution in [1.29, 1.82) is 0 Å². The lowest BCUT2D eigenvalue weighted by atomic mass is 10.2. The van der Waals surface area contributed by atoms with Gasteiger partial charge in [0.15, 0.2) is 0 Å². The smallest absolute Gasteiger partial charge is 0.258 e. The number of hydrogen-bond donors (Lipinski definition) is 3. The molecule has 0 atom stereocenters. The first kappa shape index (κ1) is 9.60. The number of H-pyrrole nitrogens is 2. The average Bonchev–Trinajstić information content (AvgIpc) is 2.71. The Morgan fingerprint density at radius 2 is 2.40 bits per heavy atom. The van der Waals surface area contributed by atoms with Gasteiger partial charge in [0.05, 0.1) is 17.4 Å². The van der Waals surface area contributed by atoms with Gasteiger partial charge in [-0.05, 0) is 12.1 Å². The quantitative estimate of drug-likeness (QED) is 0.675. The average molecular weight is 220 g/mol. The van der Waals surface area contributed by atoms with Gasteiger partial charge < -0.3 is 10.3 Å². The van der Waals surface area contributed by atoms with Crippen LogP contribution in [0.1, 0.15) is 10.4 Å². The minimum atomic E-state index is -0.252. The summed E-state index contributed by atoms with van der Waals surface area (Å²) in [4.78, 5) is 14.5. The number of carbonyl (C=O) groups is 1. The normalized spacial score (nSPS) is 9.87. The molecule has 0 saturated heterocycles. The van der Waals surface area contributed by atoms with Gasteiger partial charge in [-0.25, -0.2) is 0 Å². The van der Waals surface area contributed by atoms with E-state index >= 15 is 0 Å². The molecule has 0 spiro atoms. The second-order valence-corrected chi connectivity index (χ2v) is 3.26. The van der Waals surface area contributed by atoms with E-state index < -0.39 is 0 Å². The van der Waals surface area contributed by atoms with Crippen molar-refractivity contribution in [2.45, 2.75) is 0 Å². The Hall–Kier alpha value is -1.95. The van der Waals surface area contributed by atoms with Crippen LogP contribution < -0.4 is 5.32 Å². The van der Waals surface area contributed by atoms with Crippen molar-refractivity contribution in [2.24, 2.45) is 0 Å². The van der Waals surface area contributed by atoms with Gasteiger partial charge in [-0.1, -0.05) is 12.2 Å². The predicted molar refractivity (Wildman–Crippen MR) is 58.2 cm³/mol. The highest BCUT2D eigenvalue weighted by atomic mass is 32.1. The highest BCUT2D eigenvalue weighted by Crippen LogP contribution is 2.06. The maximum absolute atomic E-state index is 11.7. The number of hydrogen-bond acceptors (Lipinski definition) is 3. The summed E-state index contributed by atoms with van der Waals surface area (Å²) in [6, 6.07) is 3.38. The summed E-state index contributed by atoms with van der Waals surface area (Å²) >= 11 is 4.98. The number of rotatable bonds is 2. The number of nitrogens with zero attached hydrogens (tertiary/aromatic N) is 1. The van der Waals surface area contributed by atoms with E-state index in [1.165, 1.54) is 6.20 Å². The summed E-state index contributed by atoms with van der Waals surface area (Å²) < 4.78 is 0.415. The molecule has 0 aliphatic rings. The molecular weight excluding hydrogens is 212 g/mol. The molecule has 15 heavy (non-hydrogen) atoms. The van der Waals surface area contributed by atoms with E-state index in [0.29, 0.717) is 15.9 Å². The number of aromatic nitrogens is 3. The molecule has 2 rings (SSSR count). The molecule has 2 aromatic rings. The van der Waals surface area contributed by atoms with Gasteiger partial charge in [-0.2, -0.15) is 5.10 Å². The molecule has 0 fully saturated rings. The van der Waals surface area contributed by atoms with Gasteiger partial charge >= 0.3 is 0 Å². The van der Waals surface area contributed by atoms with E-state index in [9.17, 15) is 4.79 Å². The van der Waals surface area contributed by atoms with Gasteiger partial charge in [-0.15, -0.1) is 0 Å². The highest BCUT2D eigenvalue weighted by Gasteiger charge is 2.07. The van der Waals surface area contributed by atoms with Crippen LogP contribution in [-0.4, -0.2) is 21.1 Å². The van der Waals surface area contributed by atoms with E-state index in [2.05, 4.69) is 20.5 Å². The topological polar surface area (TPSA) is 73.6 Å². The number of anilines is 1. The zero-order valence-electron chi connectivity index (χ0n) is 7.65. The zero-order valence-corrected chi connectivity index (χ0v) is 8.47. The van der Waals surface area contributed by atoms with E-state index in [1.807, 2.05) is 0 Å². The summed E-state index contributed by atoms with van der Waals surface area (Å²) in [5.41, 5.74) is 1.05. The summed E-state index contributed by atoms with van der Waals surface area (Å²) in [5.74, 6) is -0.252. The second-order valence-electron chi connectivity index (χ2n) is 2.85. The summed E-state index contributed by atoms with van der Waals surface area (Å²) in [5, 5.41) is 8.98. The third-order valence-electron chi connectivity index (χ3n) is 1.82. The number of amides is 1. The molecule has 0 aromatic carbocycles. The summed E-state index contributed by atoms with van der Waals surface area (Å²) in [6.45, 7) is 0. The van der Waals surface area contributed by atoms with Crippen LogP contribution in [0.25, 0.3) is 0 Å². The van der Waals surface area contributed by atoms with Crippen molar-refractivity contribution in [3.63, 3.8) is 0 Å². The first-order valence-electron chi connectivity index (χ1n) is 4.25. The monoisotopic (exact) mass is 220 g/mol. The Morgan fingerprint density at radius 3 is 3.07 bits per heavy atom. The third-order valence-corrected chi connectivity index (χ3v) is 2.16. The van der Waals surface area contributed by atoms with Crippen molar-refractivity contribution < 1.29 is 4.79 Å². The first-order valence-corrected chi connectivity index (χ1v) is 4.66.